The van der Waals surface area contributed by atoms with Gasteiger partial charge in [-0.25, -0.2) is 0 Å². The molecule has 0 spiro atoms. The third-order valence-electron chi connectivity index (χ3n) is 3.95. The summed E-state index contributed by atoms with van der Waals surface area (Å²) in [5.74, 6) is 0.972. The molecule has 0 N–H and O–H groups in total. The van der Waals surface area contributed by atoms with E-state index in [4.69, 9.17) is 8.83 Å². The van der Waals surface area contributed by atoms with Crippen molar-refractivity contribution in [2.75, 3.05) is 19.0 Å². The van der Waals surface area contributed by atoms with Gasteiger partial charge in [-0.3, -0.25) is 4.79 Å². The SMILES string of the molecule is CN(C)c1ccc2cc(-c3cc(=O)c4cc(Br)ccc4o3)oc2c1. The number of hydrogen-bond acceptors (Lipinski definition) is 4. The van der Waals surface area contributed by atoms with Crippen molar-refractivity contribution in [2.45, 2.75) is 0 Å². The second-order valence-electron chi connectivity index (χ2n) is 5.84. The molecule has 2 aromatic carbocycles. The lowest BCUT2D eigenvalue weighted by molar-refractivity contribution is 0.562. The van der Waals surface area contributed by atoms with Crippen molar-refractivity contribution >= 4 is 43.6 Å². The standard InChI is InChI=1S/C19H14BrNO3/c1-21(2)13-5-3-11-7-18(24-17(11)9-13)19-10-15(22)14-8-12(20)4-6-16(14)23-19/h3-10H,1-2H3. The maximum Gasteiger partial charge on any atom is 0.193 e. The number of hydrogen-bond donors (Lipinski definition) is 0. The summed E-state index contributed by atoms with van der Waals surface area (Å²) in [6.07, 6.45) is 0. The van der Waals surface area contributed by atoms with Crippen LogP contribution in [0.1, 0.15) is 0 Å². The predicted octanol–water partition coefficient (Wildman–Crippen LogP) is 5.03. The fraction of sp³-hybridized carbons (Fsp3) is 0.105. The van der Waals surface area contributed by atoms with E-state index < -0.39 is 0 Å². The summed E-state index contributed by atoms with van der Waals surface area (Å²) in [5.41, 5.74) is 2.25. The third-order valence-corrected chi connectivity index (χ3v) is 4.45. The van der Waals surface area contributed by atoms with Crippen molar-refractivity contribution < 1.29 is 8.83 Å². The van der Waals surface area contributed by atoms with E-state index in [9.17, 15) is 4.79 Å². The first-order valence-electron chi connectivity index (χ1n) is 7.46. The molecule has 4 rings (SSSR count). The Bertz CT molecular complexity index is 1120. The molecule has 0 saturated carbocycles. The van der Waals surface area contributed by atoms with E-state index in [1.807, 2.05) is 49.3 Å². The van der Waals surface area contributed by atoms with Gasteiger partial charge in [-0.1, -0.05) is 15.9 Å². The molecule has 4 aromatic rings. The van der Waals surface area contributed by atoms with Crippen LogP contribution in [0.3, 0.4) is 0 Å². The molecule has 4 nitrogen and oxygen atoms in total. The molecule has 0 aliphatic rings. The van der Waals surface area contributed by atoms with Gasteiger partial charge < -0.3 is 13.7 Å². The number of anilines is 1. The Morgan fingerprint density at radius 2 is 1.62 bits per heavy atom. The lowest BCUT2D eigenvalue weighted by atomic mass is 10.2. The Labute approximate surface area is 146 Å². The van der Waals surface area contributed by atoms with Gasteiger partial charge in [-0.2, -0.15) is 0 Å². The van der Waals surface area contributed by atoms with Gasteiger partial charge in [0, 0.05) is 41.8 Å². The van der Waals surface area contributed by atoms with Crippen LogP contribution in [0.15, 0.2) is 66.6 Å². The minimum absolute atomic E-state index is 0.0954. The fourth-order valence-corrected chi connectivity index (χ4v) is 3.03. The average Bonchev–Trinajstić information content (AvgIpc) is 2.98. The topological polar surface area (TPSA) is 46.6 Å². The summed E-state index contributed by atoms with van der Waals surface area (Å²) in [5, 5.41) is 1.51. The van der Waals surface area contributed by atoms with Crippen molar-refractivity contribution in [3.8, 4) is 11.5 Å². The highest BCUT2D eigenvalue weighted by Crippen LogP contribution is 2.31. The van der Waals surface area contributed by atoms with Gasteiger partial charge >= 0.3 is 0 Å². The molecule has 0 bridgehead atoms. The lowest BCUT2D eigenvalue weighted by Gasteiger charge is -2.11. The highest BCUT2D eigenvalue weighted by atomic mass is 79.9. The van der Waals surface area contributed by atoms with Crippen molar-refractivity contribution in [1.29, 1.82) is 0 Å². The van der Waals surface area contributed by atoms with Crippen molar-refractivity contribution in [3.05, 3.63) is 63.2 Å². The van der Waals surface area contributed by atoms with E-state index in [-0.39, 0.29) is 5.43 Å². The Morgan fingerprint density at radius 3 is 2.42 bits per heavy atom. The van der Waals surface area contributed by atoms with Crippen LogP contribution in [0.25, 0.3) is 33.5 Å². The first kappa shape index (κ1) is 15.0. The molecule has 5 heteroatoms. The number of fused-ring (bicyclic) bond motifs is 2. The Morgan fingerprint density at radius 1 is 0.875 bits per heavy atom. The average molecular weight is 384 g/mol. The minimum Gasteiger partial charge on any atom is -0.453 e. The zero-order chi connectivity index (χ0) is 16.8. The van der Waals surface area contributed by atoms with Crippen LogP contribution in [0.4, 0.5) is 5.69 Å². The molecule has 0 saturated heterocycles. The van der Waals surface area contributed by atoms with Crippen LogP contribution < -0.4 is 10.3 Å². The Hall–Kier alpha value is -2.53. The third kappa shape index (κ3) is 2.51. The number of nitrogens with zero attached hydrogens (tertiary/aromatic N) is 1. The number of rotatable bonds is 2. The maximum atomic E-state index is 12.4. The van der Waals surface area contributed by atoms with Crippen LogP contribution in [-0.4, -0.2) is 14.1 Å². The van der Waals surface area contributed by atoms with Crippen molar-refractivity contribution in [1.82, 2.24) is 0 Å². The highest BCUT2D eigenvalue weighted by molar-refractivity contribution is 9.10. The van der Waals surface area contributed by atoms with Crippen LogP contribution in [0, 0.1) is 0 Å². The molecular weight excluding hydrogens is 370 g/mol. The largest absolute Gasteiger partial charge is 0.453 e. The van der Waals surface area contributed by atoms with Crippen molar-refractivity contribution in [3.63, 3.8) is 0 Å². The van der Waals surface area contributed by atoms with Crippen LogP contribution in [-0.2, 0) is 0 Å². The smallest absolute Gasteiger partial charge is 0.193 e. The highest BCUT2D eigenvalue weighted by Gasteiger charge is 2.12. The molecule has 2 aromatic heterocycles. The molecule has 2 heterocycles. The minimum atomic E-state index is -0.0954. The van der Waals surface area contributed by atoms with Gasteiger partial charge in [0.25, 0.3) is 0 Å². The van der Waals surface area contributed by atoms with Crippen LogP contribution in [0.5, 0.6) is 0 Å². The molecule has 0 atom stereocenters. The van der Waals surface area contributed by atoms with E-state index in [1.54, 1.807) is 12.1 Å². The van der Waals surface area contributed by atoms with Gasteiger partial charge in [0.1, 0.15) is 11.2 Å². The summed E-state index contributed by atoms with van der Waals surface area (Å²) >= 11 is 3.37. The quantitative estimate of drug-likeness (QED) is 0.486. The Kier molecular flexibility index (Phi) is 3.46. The van der Waals surface area contributed by atoms with Crippen LogP contribution in [0.2, 0.25) is 0 Å². The van der Waals surface area contributed by atoms with Gasteiger partial charge in [-0.15, -0.1) is 0 Å². The number of benzene rings is 2. The molecule has 0 amide bonds. The molecule has 0 aliphatic carbocycles. The first-order chi connectivity index (χ1) is 11.5. The molecular formula is C19H14BrNO3. The Balaban J connectivity index is 1.89. The van der Waals surface area contributed by atoms with Gasteiger partial charge in [0.15, 0.2) is 16.9 Å². The molecule has 120 valence electrons. The predicted molar refractivity (Wildman–Crippen MR) is 99.7 cm³/mol. The normalized spacial score (nSPS) is 11.3. The molecule has 0 fully saturated rings. The van der Waals surface area contributed by atoms with E-state index >= 15 is 0 Å². The first-order valence-corrected chi connectivity index (χ1v) is 8.25. The summed E-state index contributed by atoms with van der Waals surface area (Å²) < 4.78 is 12.6. The number of halogens is 1. The van der Waals surface area contributed by atoms with Crippen molar-refractivity contribution in [2.24, 2.45) is 0 Å². The zero-order valence-corrected chi connectivity index (χ0v) is 14.8. The van der Waals surface area contributed by atoms with Gasteiger partial charge in [0.05, 0.1) is 5.39 Å². The summed E-state index contributed by atoms with van der Waals surface area (Å²) in [4.78, 5) is 14.4. The molecule has 24 heavy (non-hydrogen) atoms. The summed E-state index contributed by atoms with van der Waals surface area (Å²) in [6, 6.07) is 14.7. The zero-order valence-electron chi connectivity index (χ0n) is 13.2. The second-order valence-corrected chi connectivity index (χ2v) is 6.76. The maximum absolute atomic E-state index is 12.4. The number of furan rings is 1. The van der Waals surface area contributed by atoms with Crippen LogP contribution >= 0.6 is 15.9 Å². The fourth-order valence-electron chi connectivity index (χ4n) is 2.67. The summed E-state index contributed by atoms with van der Waals surface area (Å²) in [7, 11) is 3.96. The molecule has 0 unspecified atom stereocenters. The van der Waals surface area contributed by atoms with Gasteiger partial charge in [0.2, 0.25) is 0 Å². The molecule has 0 aliphatic heterocycles. The molecule has 0 radical (unpaired) electrons. The van der Waals surface area contributed by atoms with E-state index in [0.29, 0.717) is 22.5 Å². The monoisotopic (exact) mass is 383 g/mol. The van der Waals surface area contributed by atoms with E-state index in [2.05, 4.69) is 15.9 Å². The lowest BCUT2D eigenvalue weighted by Crippen LogP contribution is -2.07. The summed E-state index contributed by atoms with van der Waals surface area (Å²) in [6.45, 7) is 0. The second kappa shape index (κ2) is 5.53. The van der Waals surface area contributed by atoms with E-state index in [0.717, 1.165) is 21.1 Å². The van der Waals surface area contributed by atoms with E-state index in [1.165, 1.54) is 6.07 Å². The van der Waals surface area contributed by atoms with Gasteiger partial charge in [-0.05, 0) is 36.4 Å².